The molecule has 1 aliphatic heterocycles. The predicted molar refractivity (Wildman–Crippen MR) is 67.5 cm³/mol. The average Bonchev–Trinajstić information content (AvgIpc) is 2.33. The molecule has 0 aromatic heterocycles. The minimum atomic E-state index is -0.597. The topological polar surface area (TPSA) is 38.3 Å². The normalized spacial score (nSPS) is 25.1. The second-order valence-corrected chi connectivity index (χ2v) is 5.66. The van der Waals surface area contributed by atoms with Crippen molar-refractivity contribution in [3.63, 3.8) is 0 Å². The number of hydrogen-bond donors (Lipinski definition) is 1. The number of methoxy groups -OCH3 is 1. The van der Waals surface area contributed by atoms with E-state index >= 15 is 0 Å². The first-order chi connectivity index (χ1) is 7.79. The van der Waals surface area contributed by atoms with Gasteiger partial charge in [-0.25, -0.2) is 0 Å². The van der Waals surface area contributed by atoms with E-state index in [0.717, 1.165) is 35.8 Å². The van der Waals surface area contributed by atoms with E-state index in [4.69, 9.17) is 4.74 Å². The van der Waals surface area contributed by atoms with Crippen LogP contribution in [0.3, 0.4) is 0 Å². The standard InChI is InChI=1S/C12H17NO2S/c1-15-12-5-3-2-4-11(12)13-10-6-8-16(14)9-7-10/h2-5,10,13H,6-9H2,1H3. The first kappa shape index (κ1) is 11.5. The second-order valence-electron chi connectivity index (χ2n) is 3.97. The van der Waals surface area contributed by atoms with Crippen LogP contribution in [0.15, 0.2) is 24.3 Å². The summed E-state index contributed by atoms with van der Waals surface area (Å²) < 4.78 is 16.5. The first-order valence-electron chi connectivity index (χ1n) is 5.54. The van der Waals surface area contributed by atoms with Crippen LogP contribution in [-0.4, -0.2) is 28.9 Å². The quantitative estimate of drug-likeness (QED) is 0.877. The van der Waals surface area contributed by atoms with Crippen LogP contribution in [0.2, 0.25) is 0 Å². The van der Waals surface area contributed by atoms with Crippen molar-refractivity contribution in [3.05, 3.63) is 24.3 Å². The van der Waals surface area contributed by atoms with Gasteiger partial charge in [0.1, 0.15) is 5.75 Å². The molecule has 1 aromatic rings. The van der Waals surface area contributed by atoms with E-state index < -0.39 is 10.8 Å². The summed E-state index contributed by atoms with van der Waals surface area (Å²) >= 11 is 0. The molecule has 3 nitrogen and oxygen atoms in total. The maximum atomic E-state index is 11.2. The second kappa shape index (κ2) is 5.34. The van der Waals surface area contributed by atoms with Gasteiger partial charge in [-0.3, -0.25) is 4.21 Å². The monoisotopic (exact) mass is 239 g/mol. The van der Waals surface area contributed by atoms with Crippen molar-refractivity contribution in [2.45, 2.75) is 18.9 Å². The van der Waals surface area contributed by atoms with Crippen molar-refractivity contribution in [3.8, 4) is 5.75 Å². The van der Waals surface area contributed by atoms with E-state index in [1.165, 1.54) is 0 Å². The maximum absolute atomic E-state index is 11.2. The Hall–Kier alpha value is -1.03. The number of ether oxygens (including phenoxy) is 1. The number of rotatable bonds is 3. The number of para-hydroxylation sites is 2. The Bertz CT molecular complexity index is 371. The van der Waals surface area contributed by atoms with Gasteiger partial charge < -0.3 is 10.1 Å². The molecule has 1 heterocycles. The third-order valence-corrected chi connectivity index (χ3v) is 4.24. The van der Waals surface area contributed by atoms with Gasteiger partial charge in [0, 0.05) is 28.3 Å². The molecule has 4 heteroatoms. The van der Waals surface area contributed by atoms with Crippen molar-refractivity contribution in [2.75, 3.05) is 23.9 Å². The summed E-state index contributed by atoms with van der Waals surface area (Å²) in [6.45, 7) is 0. The molecule has 0 saturated carbocycles. The molecular weight excluding hydrogens is 222 g/mol. The Morgan fingerprint density at radius 1 is 1.31 bits per heavy atom. The molecule has 1 saturated heterocycles. The lowest BCUT2D eigenvalue weighted by Crippen LogP contribution is -2.29. The minimum Gasteiger partial charge on any atom is -0.495 e. The van der Waals surface area contributed by atoms with Gasteiger partial charge in [-0.1, -0.05) is 12.1 Å². The van der Waals surface area contributed by atoms with Crippen molar-refractivity contribution >= 4 is 16.5 Å². The van der Waals surface area contributed by atoms with Crippen molar-refractivity contribution in [1.82, 2.24) is 0 Å². The highest BCUT2D eigenvalue weighted by molar-refractivity contribution is 7.85. The zero-order valence-corrected chi connectivity index (χ0v) is 10.3. The zero-order valence-electron chi connectivity index (χ0n) is 9.44. The zero-order chi connectivity index (χ0) is 11.4. The Labute approximate surface area is 98.7 Å². The van der Waals surface area contributed by atoms with E-state index in [2.05, 4.69) is 5.32 Å². The lowest BCUT2D eigenvalue weighted by Gasteiger charge is -2.24. The third-order valence-electron chi connectivity index (χ3n) is 2.85. The van der Waals surface area contributed by atoms with E-state index in [-0.39, 0.29) is 0 Å². The lowest BCUT2D eigenvalue weighted by atomic mass is 10.1. The summed E-state index contributed by atoms with van der Waals surface area (Å²) in [6, 6.07) is 8.34. The van der Waals surface area contributed by atoms with Crippen LogP contribution >= 0.6 is 0 Å². The molecule has 1 fully saturated rings. The summed E-state index contributed by atoms with van der Waals surface area (Å²) in [5.74, 6) is 2.49. The Morgan fingerprint density at radius 2 is 2.00 bits per heavy atom. The predicted octanol–water partition coefficient (Wildman–Crippen LogP) is 2.02. The molecular formula is C12H17NO2S. The number of benzene rings is 1. The fourth-order valence-electron chi connectivity index (χ4n) is 1.92. The van der Waals surface area contributed by atoms with Gasteiger partial charge in [0.05, 0.1) is 12.8 Å². The first-order valence-corrected chi connectivity index (χ1v) is 7.03. The summed E-state index contributed by atoms with van der Waals surface area (Å²) in [5, 5.41) is 3.46. The molecule has 0 radical (unpaired) electrons. The van der Waals surface area contributed by atoms with Crippen molar-refractivity contribution < 1.29 is 8.95 Å². The van der Waals surface area contributed by atoms with Crippen LogP contribution in [-0.2, 0) is 10.8 Å². The van der Waals surface area contributed by atoms with Gasteiger partial charge in [-0.2, -0.15) is 0 Å². The highest BCUT2D eigenvalue weighted by atomic mass is 32.2. The minimum absolute atomic E-state index is 0.425. The van der Waals surface area contributed by atoms with Crippen LogP contribution in [0, 0.1) is 0 Å². The Morgan fingerprint density at radius 3 is 2.69 bits per heavy atom. The van der Waals surface area contributed by atoms with E-state index in [0.29, 0.717) is 6.04 Å². The van der Waals surface area contributed by atoms with Gasteiger partial charge in [0.15, 0.2) is 0 Å². The van der Waals surface area contributed by atoms with Crippen molar-refractivity contribution in [2.24, 2.45) is 0 Å². The van der Waals surface area contributed by atoms with Gasteiger partial charge in [-0.05, 0) is 25.0 Å². The summed E-state index contributed by atoms with van der Waals surface area (Å²) in [7, 11) is 1.08. The molecule has 1 aliphatic rings. The summed E-state index contributed by atoms with van der Waals surface area (Å²) in [5.41, 5.74) is 1.03. The Balaban J connectivity index is 2.00. The van der Waals surface area contributed by atoms with Crippen LogP contribution in [0.5, 0.6) is 5.75 Å². The van der Waals surface area contributed by atoms with Gasteiger partial charge in [0.25, 0.3) is 0 Å². The number of hydrogen-bond acceptors (Lipinski definition) is 3. The highest BCUT2D eigenvalue weighted by Crippen LogP contribution is 2.25. The molecule has 1 N–H and O–H groups in total. The fourth-order valence-corrected chi connectivity index (χ4v) is 3.22. The van der Waals surface area contributed by atoms with Gasteiger partial charge in [0.2, 0.25) is 0 Å². The number of anilines is 1. The highest BCUT2D eigenvalue weighted by Gasteiger charge is 2.18. The largest absolute Gasteiger partial charge is 0.495 e. The molecule has 0 aliphatic carbocycles. The molecule has 0 spiro atoms. The lowest BCUT2D eigenvalue weighted by molar-refractivity contribution is 0.415. The van der Waals surface area contributed by atoms with E-state index in [1.54, 1.807) is 7.11 Å². The molecule has 0 amide bonds. The molecule has 16 heavy (non-hydrogen) atoms. The molecule has 0 atom stereocenters. The maximum Gasteiger partial charge on any atom is 0.141 e. The fraction of sp³-hybridized carbons (Fsp3) is 0.500. The molecule has 2 rings (SSSR count). The number of nitrogens with one attached hydrogen (secondary N) is 1. The molecule has 0 bridgehead atoms. The molecule has 1 aromatic carbocycles. The summed E-state index contributed by atoms with van der Waals surface area (Å²) in [6.07, 6.45) is 1.95. The third kappa shape index (κ3) is 2.76. The van der Waals surface area contributed by atoms with E-state index in [1.807, 2.05) is 24.3 Å². The smallest absolute Gasteiger partial charge is 0.141 e. The Kier molecular flexibility index (Phi) is 3.83. The molecule has 88 valence electrons. The SMILES string of the molecule is COc1ccccc1NC1CCS(=O)CC1. The van der Waals surface area contributed by atoms with Crippen LogP contribution < -0.4 is 10.1 Å². The molecule has 0 unspecified atom stereocenters. The van der Waals surface area contributed by atoms with Crippen LogP contribution in [0.1, 0.15) is 12.8 Å². The van der Waals surface area contributed by atoms with Gasteiger partial charge >= 0.3 is 0 Å². The van der Waals surface area contributed by atoms with Crippen LogP contribution in [0.25, 0.3) is 0 Å². The van der Waals surface area contributed by atoms with E-state index in [9.17, 15) is 4.21 Å². The average molecular weight is 239 g/mol. The summed E-state index contributed by atoms with van der Waals surface area (Å²) in [4.78, 5) is 0. The van der Waals surface area contributed by atoms with Crippen LogP contribution in [0.4, 0.5) is 5.69 Å². The van der Waals surface area contributed by atoms with Gasteiger partial charge in [-0.15, -0.1) is 0 Å². The van der Waals surface area contributed by atoms with Crippen molar-refractivity contribution in [1.29, 1.82) is 0 Å².